The Morgan fingerprint density at radius 2 is 1.83 bits per heavy atom. The standard InChI is InChI=1S/C21H23NO2/c1-15-9-10-18-19(14-21(23)24-3)16(2)22(20(18)13-15)12-11-17-7-5-4-6-8-17/h4-10,13H,11-12,14H2,1-3H3. The molecule has 0 saturated heterocycles. The van der Waals surface area contributed by atoms with Crippen molar-refractivity contribution in [1.29, 1.82) is 0 Å². The van der Waals surface area contributed by atoms with Gasteiger partial charge in [-0.05, 0) is 43.0 Å². The molecule has 0 spiro atoms. The van der Waals surface area contributed by atoms with Crippen LogP contribution < -0.4 is 0 Å². The Kier molecular flexibility index (Phi) is 4.70. The monoisotopic (exact) mass is 321 g/mol. The Morgan fingerprint density at radius 1 is 1.08 bits per heavy atom. The molecule has 0 saturated carbocycles. The van der Waals surface area contributed by atoms with Gasteiger partial charge in [-0.25, -0.2) is 0 Å². The Balaban J connectivity index is 2.01. The molecule has 3 nitrogen and oxygen atoms in total. The van der Waals surface area contributed by atoms with Gasteiger partial charge in [0.2, 0.25) is 0 Å². The average Bonchev–Trinajstić information content (AvgIpc) is 2.85. The molecule has 3 rings (SSSR count). The van der Waals surface area contributed by atoms with Crippen LogP contribution in [0, 0.1) is 13.8 Å². The molecule has 0 unspecified atom stereocenters. The van der Waals surface area contributed by atoms with Crippen molar-refractivity contribution < 1.29 is 9.53 Å². The summed E-state index contributed by atoms with van der Waals surface area (Å²) in [6, 6.07) is 16.9. The van der Waals surface area contributed by atoms with Crippen molar-refractivity contribution in [2.45, 2.75) is 33.2 Å². The van der Waals surface area contributed by atoms with Gasteiger partial charge in [0.15, 0.2) is 0 Å². The Bertz CT molecular complexity index is 862. The molecule has 1 aromatic heterocycles. The van der Waals surface area contributed by atoms with Crippen molar-refractivity contribution in [1.82, 2.24) is 4.57 Å². The molecule has 0 fully saturated rings. The van der Waals surface area contributed by atoms with Crippen LogP contribution in [0.15, 0.2) is 48.5 Å². The zero-order chi connectivity index (χ0) is 17.1. The summed E-state index contributed by atoms with van der Waals surface area (Å²) in [4.78, 5) is 11.8. The lowest BCUT2D eigenvalue weighted by molar-refractivity contribution is -0.139. The molecule has 3 heteroatoms. The molecule has 1 heterocycles. The predicted octanol–water partition coefficient (Wildman–Crippen LogP) is 4.22. The van der Waals surface area contributed by atoms with Crippen LogP contribution in [-0.4, -0.2) is 17.6 Å². The van der Waals surface area contributed by atoms with Gasteiger partial charge in [0, 0.05) is 23.1 Å². The van der Waals surface area contributed by atoms with Crippen molar-refractivity contribution >= 4 is 16.9 Å². The van der Waals surface area contributed by atoms with Gasteiger partial charge >= 0.3 is 5.97 Å². The third kappa shape index (κ3) is 3.21. The molecular weight excluding hydrogens is 298 g/mol. The van der Waals surface area contributed by atoms with E-state index in [0.717, 1.165) is 29.6 Å². The van der Waals surface area contributed by atoms with Crippen LogP contribution in [0.4, 0.5) is 0 Å². The molecular formula is C21H23NO2. The van der Waals surface area contributed by atoms with Crippen molar-refractivity contribution in [2.24, 2.45) is 0 Å². The molecule has 0 N–H and O–H groups in total. The molecule has 0 atom stereocenters. The number of ether oxygens (including phenoxy) is 1. The minimum Gasteiger partial charge on any atom is -0.469 e. The number of aryl methyl sites for hydroxylation is 3. The first-order chi connectivity index (χ1) is 11.6. The lowest BCUT2D eigenvalue weighted by Gasteiger charge is -2.09. The molecule has 0 aliphatic heterocycles. The van der Waals surface area contributed by atoms with E-state index in [-0.39, 0.29) is 5.97 Å². The minimum absolute atomic E-state index is 0.194. The average molecular weight is 321 g/mol. The van der Waals surface area contributed by atoms with Gasteiger partial charge < -0.3 is 9.30 Å². The fourth-order valence-corrected chi connectivity index (χ4v) is 3.27. The van der Waals surface area contributed by atoms with E-state index in [0.29, 0.717) is 6.42 Å². The fourth-order valence-electron chi connectivity index (χ4n) is 3.27. The summed E-state index contributed by atoms with van der Waals surface area (Å²) < 4.78 is 7.20. The van der Waals surface area contributed by atoms with Gasteiger partial charge in [-0.3, -0.25) is 4.79 Å². The van der Waals surface area contributed by atoms with Crippen LogP contribution in [-0.2, 0) is 28.9 Å². The summed E-state index contributed by atoms with van der Waals surface area (Å²) in [5, 5.41) is 1.15. The van der Waals surface area contributed by atoms with E-state index in [2.05, 4.69) is 60.9 Å². The number of rotatable bonds is 5. The highest BCUT2D eigenvalue weighted by molar-refractivity contribution is 5.89. The Labute approximate surface area is 142 Å². The van der Waals surface area contributed by atoms with Crippen LogP contribution in [0.5, 0.6) is 0 Å². The second-order valence-corrected chi connectivity index (χ2v) is 6.22. The van der Waals surface area contributed by atoms with Crippen molar-refractivity contribution in [3.05, 3.63) is 70.9 Å². The third-order valence-corrected chi connectivity index (χ3v) is 4.63. The van der Waals surface area contributed by atoms with Crippen molar-refractivity contribution in [2.75, 3.05) is 7.11 Å². The van der Waals surface area contributed by atoms with Gasteiger partial charge in [-0.15, -0.1) is 0 Å². The molecule has 0 aliphatic carbocycles. The maximum Gasteiger partial charge on any atom is 0.310 e. The Morgan fingerprint density at radius 3 is 2.54 bits per heavy atom. The molecule has 3 aromatic rings. The second kappa shape index (κ2) is 6.91. The number of methoxy groups -OCH3 is 1. The number of carbonyl (C=O) groups excluding carboxylic acids is 1. The number of nitrogens with zero attached hydrogens (tertiary/aromatic N) is 1. The summed E-state index contributed by atoms with van der Waals surface area (Å²) in [7, 11) is 1.44. The first-order valence-electron chi connectivity index (χ1n) is 8.29. The number of hydrogen-bond donors (Lipinski definition) is 0. The van der Waals surface area contributed by atoms with E-state index in [1.165, 1.54) is 23.8 Å². The highest BCUT2D eigenvalue weighted by Crippen LogP contribution is 2.28. The molecule has 0 aliphatic rings. The molecule has 124 valence electrons. The highest BCUT2D eigenvalue weighted by atomic mass is 16.5. The lowest BCUT2D eigenvalue weighted by atomic mass is 10.1. The van der Waals surface area contributed by atoms with Gasteiger partial charge in [0.1, 0.15) is 0 Å². The first kappa shape index (κ1) is 16.3. The van der Waals surface area contributed by atoms with Crippen molar-refractivity contribution in [3.63, 3.8) is 0 Å². The van der Waals surface area contributed by atoms with E-state index < -0.39 is 0 Å². The number of aromatic nitrogens is 1. The smallest absolute Gasteiger partial charge is 0.310 e. The van der Waals surface area contributed by atoms with Gasteiger partial charge in [-0.1, -0.05) is 42.5 Å². The normalized spacial score (nSPS) is 11.0. The zero-order valence-electron chi connectivity index (χ0n) is 14.5. The minimum atomic E-state index is -0.194. The summed E-state index contributed by atoms with van der Waals surface area (Å²) in [6.45, 7) is 5.10. The molecule has 0 bridgehead atoms. The Hall–Kier alpha value is -2.55. The van der Waals surface area contributed by atoms with Crippen LogP contribution >= 0.6 is 0 Å². The van der Waals surface area contributed by atoms with E-state index in [4.69, 9.17) is 4.74 Å². The number of carbonyl (C=O) groups is 1. The molecule has 0 amide bonds. The van der Waals surface area contributed by atoms with Crippen molar-refractivity contribution in [3.8, 4) is 0 Å². The van der Waals surface area contributed by atoms with E-state index in [1.54, 1.807) is 0 Å². The highest BCUT2D eigenvalue weighted by Gasteiger charge is 2.17. The van der Waals surface area contributed by atoms with Crippen LogP contribution in [0.2, 0.25) is 0 Å². The maximum absolute atomic E-state index is 11.8. The zero-order valence-corrected chi connectivity index (χ0v) is 14.5. The third-order valence-electron chi connectivity index (χ3n) is 4.63. The van der Waals surface area contributed by atoms with Crippen LogP contribution in [0.1, 0.15) is 22.4 Å². The molecule has 24 heavy (non-hydrogen) atoms. The summed E-state index contributed by atoms with van der Waals surface area (Å²) in [5.41, 5.74) is 5.97. The fraction of sp³-hybridized carbons (Fsp3) is 0.286. The summed E-state index contributed by atoms with van der Waals surface area (Å²) >= 11 is 0. The van der Waals surface area contributed by atoms with E-state index >= 15 is 0 Å². The quantitative estimate of drug-likeness (QED) is 0.659. The van der Waals surface area contributed by atoms with Crippen LogP contribution in [0.25, 0.3) is 10.9 Å². The van der Waals surface area contributed by atoms with E-state index in [9.17, 15) is 4.79 Å². The SMILES string of the molecule is COC(=O)Cc1c(C)n(CCc2ccccc2)c2cc(C)ccc12. The molecule has 0 radical (unpaired) electrons. The number of hydrogen-bond acceptors (Lipinski definition) is 2. The largest absolute Gasteiger partial charge is 0.469 e. The number of fused-ring (bicyclic) bond motifs is 1. The first-order valence-corrected chi connectivity index (χ1v) is 8.29. The van der Waals surface area contributed by atoms with Gasteiger partial charge in [-0.2, -0.15) is 0 Å². The van der Waals surface area contributed by atoms with Crippen LogP contribution in [0.3, 0.4) is 0 Å². The van der Waals surface area contributed by atoms with Gasteiger partial charge in [0.05, 0.1) is 13.5 Å². The topological polar surface area (TPSA) is 31.2 Å². The van der Waals surface area contributed by atoms with Gasteiger partial charge in [0.25, 0.3) is 0 Å². The number of benzene rings is 2. The maximum atomic E-state index is 11.8. The molecule has 2 aromatic carbocycles. The lowest BCUT2D eigenvalue weighted by Crippen LogP contribution is -2.07. The summed E-state index contributed by atoms with van der Waals surface area (Å²) in [6.07, 6.45) is 1.29. The predicted molar refractivity (Wildman–Crippen MR) is 97.3 cm³/mol. The summed E-state index contributed by atoms with van der Waals surface area (Å²) in [5.74, 6) is -0.194. The number of esters is 1. The van der Waals surface area contributed by atoms with E-state index in [1.807, 2.05) is 6.07 Å². The second-order valence-electron chi connectivity index (χ2n) is 6.22.